The molecule has 2 fully saturated rings. The van der Waals surface area contributed by atoms with E-state index in [1.54, 1.807) is 19.4 Å². The minimum absolute atomic E-state index is 0.0248. The number of carbonyl (C=O) groups excluding carboxylic acids is 1. The van der Waals surface area contributed by atoms with Crippen LogP contribution in [-0.4, -0.2) is 71.6 Å². The van der Waals surface area contributed by atoms with Crippen molar-refractivity contribution in [2.45, 2.75) is 31.8 Å². The Morgan fingerprint density at radius 3 is 2.69 bits per heavy atom. The first kappa shape index (κ1) is 24.5. The molecule has 8 nitrogen and oxygen atoms in total. The maximum Gasteiger partial charge on any atom is 0.227 e. The minimum atomic E-state index is -0.483. The summed E-state index contributed by atoms with van der Waals surface area (Å²) in [5, 5.41) is 3.89. The highest BCUT2D eigenvalue weighted by Crippen LogP contribution is 2.34. The van der Waals surface area contributed by atoms with E-state index in [2.05, 4.69) is 20.2 Å². The molecule has 2 aliphatic heterocycles. The fourth-order valence-electron chi connectivity index (χ4n) is 4.69. The number of ether oxygens (including phenoxy) is 2. The Hall–Kier alpha value is -3.17. The summed E-state index contributed by atoms with van der Waals surface area (Å²) in [6.07, 6.45) is 5.29. The summed E-state index contributed by atoms with van der Waals surface area (Å²) in [7, 11) is 1.61. The summed E-state index contributed by atoms with van der Waals surface area (Å²) in [4.78, 5) is 25.1. The van der Waals surface area contributed by atoms with Gasteiger partial charge in [0.1, 0.15) is 11.9 Å². The van der Waals surface area contributed by atoms with E-state index in [9.17, 15) is 9.18 Å². The number of halogens is 2. The first-order chi connectivity index (χ1) is 17.5. The lowest BCUT2D eigenvalue weighted by Crippen LogP contribution is -2.42. The van der Waals surface area contributed by atoms with Crippen LogP contribution >= 0.6 is 11.6 Å². The van der Waals surface area contributed by atoms with Crippen LogP contribution in [0.25, 0.3) is 10.9 Å². The van der Waals surface area contributed by atoms with Crippen LogP contribution in [0.3, 0.4) is 0 Å². The molecule has 1 aromatic heterocycles. The van der Waals surface area contributed by atoms with Crippen LogP contribution in [0.4, 0.5) is 16.0 Å². The van der Waals surface area contributed by atoms with E-state index in [-0.39, 0.29) is 17.0 Å². The fourth-order valence-corrected chi connectivity index (χ4v) is 4.87. The van der Waals surface area contributed by atoms with Crippen LogP contribution in [0, 0.1) is 5.82 Å². The van der Waals surface area contributed by atoms with Gasteiger partial charge >= 0.3 is 0 Å². The molecule has 190 valence electrons. The molecule has 0 unspecified atom stereocenters. The predicted molar refractivity (Wildman–Crippen MR) is 137 cm³/mol. The lowest BCUT2D eigenvalue weighted by atomic mass is 10.1. The van der Waals surface area contributed by atoms with E-state index >= 15 is 0 Å². The molecule has 1 N–H and O–H groups in total. The Kier molecular flexibility index (Phi) is 7.38. The van der Waals surface area contributed by atoms with Crippen molar-refractivity contribution in [2.24, 2.45) is 0 Å². The van der Waals surface area contributed by atoms with Crippen molar-refractivity contribution >= 4 is 40.0 Å². The van der Waals surface area contributed by atoms with Crippen molar-refractivity contribution in [3.63, 3.8) is 0 Å². The number of rotatable bonds is 8. The maximum atomic E-state index is 13.4. The first-order valence-corrected chi connectivity index (χ1v) is 12.6. The third kappa shape index (κ3) is 5.63. The second-order valence-corrected chi connectivity index (χ2v) is 9.56. The lowest BCUT2D eigenvalue weighted by molar-refractivity contribution is -0.127. The number of aromatic nitrogens is 2. The number of nitrogens with zero attached hydrogens (tertiary/aromatic N) is 4. The summed E-state index contributed by atoms with van der Waals surface area (Å²) in [5.74, 6) is 1.43. The molecule has 10 heteroatoms. The highest BCUT2D eigenvalue weighted by atomic mass is 35.5. The van der Waals surface area contributed by atoms with Crippen molar-refractivity contribution in [3.8, 4) is 11.5 Å². The molecule has 3 heterocycles. The Balaban J connectivity index is 1.21. The number of hydrogen-bond acceptors (Lipinski definition) is 7. The van der Waals surface area contributed by atoms with Gasteiger partial charge in [-0.1, -0.05) is 11.6 Å². The standard InChI is InChI=1S/C26H29ClFN5O3/c1-35-23-15-22-17(16-29-26(31-22)30-18-4-5-21(28)20(27)14-18)13-24(23)36-19-6-9-32(10-7-19)11-12-33-8-2-3-25(33)34/h4-5,13-16,19H,2-3,6-12H2,1H3,(H,29,30,31). The molecule has 5 rings (SSSR count). The van der Waals surface area contributed by atoms with Crippen molar-refractivity contribution in [1.29, 1.82) is 0 Å². The molecule has 3 aromatic rings. The van der Waals surface area contributed by atoms with Gasteiger partial charge in [-0.05, 0) is 43.5 Å². The van der Waals surface area contributed by atoms with Crippen molar-refractivity contribution < 1.29 is 18.7 Å². The number of hydrogen-bond donors (Lipinski definition) is 1. The normalized spacial score (nSPS) is 17.1. The molecule has 0 bridgehead atoms. The van der Waals surface area contributed by atoms with Gasteiger partial charge in [0.15, 0.2) is 11.5 Å². The highest BCUT2D eigenvalue weighted by Gasteiger charge is 2.24. The Morgan fingerprint density at radius 2 is 1.97 bits per heavy atom. The number of anilines is 2. The number of methoxy groups -OCH3 is 1. The van der Waals surface area contributed by atoms with Crippen LogP contribution in [-0.2, 0) is 4.79 Å². The molecule has 2 saturated heterocycles. The summed E-state index contributed by atoms with van der Waals surface area (Å²) in [6, 6.07) is 8.08. The van der Waals surface area contributed by atoms with Gasteiger partial charge in [-0.25, -0.2) is 14.4 Å². The Morgan fingerprint density at radius 1 is 1.14 bits per heavy atom. The van der Waals surface area contributed by atoms with Gasteiger partial charge in [-0.2, -0.15) is 0 Å². The zero-order valence-corrected chi connectivity index (χ0v) is 20.9. The quantitative estimate of drug-likeness (QED) is 0.470. The molecule has 2 aromatic carbocycles. The third-order valence-corrected chi connectivity index (χ3v) is 7.02. The predicted octanol–water partition coefficient (Wildman–Crippen LogP) is 4.64. The Bertz CT molecular complexity index is 1250. The summed E-state index contributed by atoms with van der Waals surface area (Å²) >= 11 is 5.86. The first-order valence-electron chi connectivity index (χ1n) is 12.2. The molecule has 1 amide bonds. The van der Waals surface area contributed by atoms with Gasteiger partial charge in [0.05, 0.1) is 17.6 Å². The minimum Gasteiger partial charge on any atom is -0.493 e. The van der Waals surface area contributed by atoms with E-state index in [1.807, 2.05) is 17.0 Å². The number of likely N-dealkylation sites (tertiary alicyclic amines) is 2. The largest absolute Gasteiger partial charge is 0.493 e. The second-order valence-electron chi connectivity index (χ2n) is 9.15. The van der Waals surface area contributed by atoms with Crippen LogP contribution in [0.15, 0.2) is 36.5 Å². The number of amides is 1. The van der Waals surface area contributed by atoms with Crippen LogP contribution in [0.1, 0.15) is 25.7 Å². The average molecular weight is 514 g/mol. The zero-order valence-electron chi connectivity index (χ0n) is 20.2. The average Bonchev–Trinajstić information content (AvgIpc) is 3.30. The van der Waals surface area contributed by atoms with Gasteiger partial charge in [0.25, 0.3) is 0 Å². The van der Waals surface area contributed by atoms with E-state index < -0.39 is 5.82 Å². The van der Waals surface area contributed by atoms with E-state index in [4.69, 9.17) is 21.1 Å². The van der Waals surface area contributed by atoms with Gasteiger partial charge in [-0.15, -0.1) is 0 Å². The monoisotopic (exact) mass is 513 g/mol. The molecule has 0 spiro atoms. The number of benzene rings is 2. The number of nitrogens with one attached hydrogen (secondary N) is 1. The summed E-state index contributed by atoms with van der Waals surface area (Å²) in [5.41, 5.74) is 1.28. The number of fused-ring (bicyclic) bond motifs is 1. The van der Waals surface area contributed by atoms with E-state index in [0.29, 0.717) is 35.1 Å². The fraction of sp³-hybridized carbons (Fsp3) is 0.423. The van der Waals surface area contributed by atoms with Gasteiger partial charge in [0.2, 0.25) is 11.9 Å². The van der Waals surface area contributed by atoms with Crippen LogP contribution < -0.4 is 14.8 Å². The molecular weight excluding hydrogens is 485 g/mol. The highest BCUT2D eigenvalue weighted by molar-refractivity contribution is 6.31. The number of carbonyl (C=O) groups is 1. The SMILES string of the molecule is COc1cc2nc(Nc3ccc(F)c(Cl)c3)ncc2cc1OC1CCN(CCN2CCCC2=O)CC1. The molecule has 0 radical (unpaired) electrons. The zero-order chi connectivity index (χ0) is 25.1. The summed E-state index contributed by atoms with van der Waals surface area (Å²) < 4.78 is 25.4. The van der Waals surface area contributed by atoms with Gasteiger partial charge in [0, 0.05) is 62.5 Å². The number of piperidine rings is 1. The van der Waals surface area contributed by atoms with E-state index in [0.717, 1.165) is 57.4 Å². The maximum absolute atomic E-state index is 13.4. The van der Waals surface area contributed by atoms with Crippen molar-refractivity contribution in [1.82, 2.24) is 19.8 Å². The van der Waals surface area contributed by atoms with Crippen molar-refractivity contribution in [2.75, 3.05) is 45.2 Å². The Labute approximate surface area is 214 Å². The molecule has 36 heavy (non-hydrogen) atoms. The topological polar surface area (TPSA) is 79.8 Å². The molecule has 2 aliphatic rings. The van der Waals surface area contributed by atoms with Gasteiger partial charge in [-0.3, -0.25) is 4.79 Å². The second kappa shape index (κ2) is 10.8. The smallest absolute Gasteiger partial charge is 0.227 e. The van der Waals surface area contributed by atoms with Crippen LogP contribution in [0.5, 0.6) is 11.5 Å². The summed E-state index contributed by atoms with van der Waals surface area (Å²) in [6.45, 7) is 4.49. The molecule has 0 atom stereocenters. The molecular formula is C26H29ClFN5O3. The molecule has 0 saturated carbocycles. The van der Waals surface area contributed by atoms with Crippen LogP contribution in [0.2, 0.25) is 5.02 Å². The van der Waals surface area contributed by atoms with Crippen molar-refractivity contribution in [3.05, 3.63) is 47.4 Å². The molecule has 0 aliphatic carbocycles. The van der Waals surface area contributed by atoms with E-state index in [1.165, 1.54) is 12.1 Å². The lowest BCUT2D eigenvalue weighted by Gasteiger charge is -2.33. The van der Waals surface area contributed by atoms with Gasteiger partial charge < -0.3 is 24.6 Å². The third-order valence-electron chi connectivity index (χ3n) is 6.73.